The first kappa shape index (κ1) is 32.5. The molecule has 0 spiro atoms. The monoisotopic (exact) mass is 676 g/mol. The number of nitrogens with one attached hydrogen (secondary N) is 3. The van der Waals surface area contributed by atoms with Crippen LogP contribution in [-0.4, -0.2) is 45.6 Å². The van der Waals surface area contributed by atoms with E-state index in [2.05, 4.69) is 22.9 Å². The zero-order chi connectivity index (χ0) is 33.6. The van der Waals surface area contributed by atoms with E-state index in [0.717, 1.165) is 33.1 Å². The highest BCUT2D eigenvalue weighted by Crippen LogP contribution is 2.45. The average molecular weight is 678 g/mol. The van der Waals surface area contributed by atoms with Gasteiger partial charge in [0.05, 0.1) is 28.5 Å². The topological polar surface area (TPSA) is 136 Å². The molecule has 4 aromatic rings. The second kappa shape index (κ2) is 13.0. The van der Waals surface area contributed by atoms with Crippen LogP contribution in [0.15, 0.2) is 58.3 Å². The summed E-state index contributed by atoms with van der Waals surface area (Å²) in [6.07, 6.45) is 3.39. The molecule has 3 N–H and O–H groups in total. The van der Waals surface area contributed by atoms with Crippen LogP contribution in [0.1, 0.15) is 47.3 Å². The number of rotatable bonds is 8. The third-order valence-corrected chi connectivity index (χ3v) is 9.71. The van der Waals surface area contributed by atoms with Crippen molar-refractivity contribution in [2.45, 2.75) is 38.3 Å². The SMILES string of the molecule is COc1nc(-c2cccc(-c3cccc(NC(=O)c4cn(C)c(=O)n(C)c4=O)c3Cl)c2Cl)cc2c1C(NCC1CCC(=O)N1)C(C)C2. The second-order valence-corrected chi connectivity index (χ2v) is 12.8. The van der Waals surface area contributed by atoms with E-state index in [9.17, 15) is 19.2 Å². The Bertz CT molecular complexity index is 2040. The lowest BCUT2D eigenvalue weighted by Gasteiger charge is -2.22. The Balaban J connectivity index is 1.31. The van der Waals surface area contributed by atoms with Gasteiger partial charge in [-0.25, -0.2) is 9.78 Å². The Morgan fingerprint density at radius 1 is 1.06 bits per heavy atom. The van der Waals surface area contributed by atoms with Crippen LogP contribution in [0.25, 0.3) is 22.4 Å². The van der Waals surface area contributed by atoms with Crippen molar-refractivity contribution < 1.29 is 14.3 Å². The summed E-state index contributed by atoms with van der Waals surface area (Å²) in [7, 11) is 4.37. The molecule has 3 unspecified atom stereocenters. The van der Waals surface area contributed by atoms with Crippen LogP contribution in [0.3, 0.4) is 0 Å². The number of aryl methyl sites for hydroxylation is 1. The molecule has 1 saturated heterocycles. The largest absolute Gasteiger partial charge is 0.481 e. The number of ether oxygens (including phenoxy) is 1. The number of fused-ring (bicyclic) bond motifs is 1. The molecule has 6 rings (SSSR count). The third-order valence-electron chi connectivity index (χ3n) is 8.90. The van der Waals surface area contributed by atoms with Gasteiger partial charge in [-0.15, -0.1) is 0 Å². The van der Waals surface area contributed by atoms with E-state index < -0.39 is 17.2 Å². The lowest BCUT2D eigenvalue weighted by Crippen LogP contribution is -2.40. The fourth-order valence-corrected chi connectivity index (χ4v) is 7.06. The number of hydrogen-bond acceptors (Lipinski definition) is 7. The summed E-state index contributed by atoms with van der Waals surface area (Å²) >= 11 is 13.9. The number of benzene rings is 2. The number of carbonyl (C=O) groups excluding carboxylic acids is 2. The van der Waals surface area contributed by atoms with Crippen molar-refractivity contribution in [3.05, 3.63) is 96.2 Å². The van der Waals surface area contributed by atoms with Crippen LogP contribution >= 0.6 is 23.2 Å². The molecule has 2 aliphatic rings. The van der Waals surface area contributed by atoms with Gasteiger partial charge in [-0.2, -0.15) is 0 Å². The number of methoxy groups -OCH3 is 1. The standard InChI is InChI=1S/C34H34Cl2N6O5/c1-17-13-18-14-25(40-32(47-4)27(18)30(17)37-15-19-11-12-26(43)38-19)22-9-5-7-20(28(22)35)21-8-6-10-24(29(21)36)39-31(44)23-16-41(2)34(46)42(3)33(23)45/h5-10,14,16-17,19,30,37H,11-13,15H2,1-4H3,(H,38,43)(H,39,44). The van der Waals surface area contributed by atoms with E-state index in [1.165, 1.54) is 20.3 Å². The maximum atomic E-state index is 13.1. The predicted octanol–water partition coefficient (Wildman–Crippen LogP) is 4.48. The minimum Gasteiger partial charge on any atom is -0.481 e. The molecular weight excluding hydrogens is 643 g/mol. The molecule has 1 aliphatic carbocycles. The van der Waals surface area contributed by atoms with Gasteiger partial charge in [-0.1, -0.05) is 60.5 Å². The summed E-state index contributed by atoms with van der Waals surface area (Å²) in [5.41, 5.74) is 3.45. The molecule has 13 heteroatoms. The van der Waals surface area contributed by atoms with Gasteiger partial charge in [0.25, 0.3) is 11.5 Å². The molecule has 1 aliphatic heterocycles. The third kappa shape index (κ3) is 6.06. The summed E-state index contributed by atoms with van der Waals surface area (Å²) in [5, 5.41) is 9.99. The lowest BCUT2D eigenvalue weighted by molar-refractivity contribution is -0.119. The van der Waals surface area contributed by atoms with Crippen LogP contribution in [0, 0.1) is 5.92 Å². The first-order valence-corrected chi connectivity index (χ1v) is 16.0. The van der Waals surface area contributed by atoms with E-state index in [1.807, 2.05) is 24.3 Å². The molecule has 244 valence electrons. The van der Waals surface area contributed by atoms with Crippen molar-refractivity contribution in [2.24, 2.45) is 20.0 Å². The Morgan fingerprint density at radius 3 is 2.47 bits per heavy atom. The van der Waals surface area contributed by atoms with E-state index >= 15 is 0 Å². The number of pyridine rings is 1. The van der Waals surface area contributed by atoms with Gasteiger partial charge in [0, 0.05) is 67.6 Å². The van der Waals surface area contributed by atoms with Crippen molar-refractivity contribution in [3.63, 3.8) is 0 Å². The molecule has 0 saturated carbocycles. The molecule has 3 heterocycles. The van der Waals surface area contributed by atoms with Gasteiger partial charge in [-0.05, 0) is 36.5 Å². The molecule has 11 nitrogen and oxygen atoms in total. The van der Waals surface area contributed by atoms with Crippen molar-refractivity contribution in [3.8, 4) is 28.3 Å². The molecule has 0 bridgehead atoms. The lowest BCUT2D eigenvalue weighted by atomic mass is 9.99. The highest BCUT2D eigenvalue weighted by atomic mass is 35.5. The van der Waals surface area contributed by atoms with Crippen molar-refractivity contribution in [1.29, 1.82) is 0 Å². The number of hydrogen-bond donors (Lipinski definition) is 3. The predicted molar refractivity (Wildman–Crippen MR) is 181 cm³/mol. The van der Waals surface area contributed by atoms with E-state index in [0.29, 0.717) is 46.3 Å². The summed E-state index contributed by atoms with van der Waals surface area (Å²) in [6, 6.07) is 12.9. The smallest absolute Gasteiger partial charge is 0.330 e. The average Bonchev–Trinajstić information content (AvgIpc) is 3.62. The molecule has 3 atom stereocenters. The number of anilines is 1. The van der Waals surface area contributed by atoms with Gasteiger partial charge in [-0.3, -0.25) is 19.0 Å². The second-order valence-electron chi connectivity index (χ2n) is 12.0. The van der Waals surface area contributed by atoms with Gasteiger partial charge in [0.15, 0.2) is 0 Å². The number of aromatic nitrogens is 3. The maximum Gasteiger partial charge on any atom is 0.330 e. The van der Waals surface area contributed by atoms with Gasteiger partial charge < -0.3 is 25.3 Å². The molecular formula is C34H34Cl2N6O5. The minimum absolute atomic E-state index is 0.0264. The highest BCUT2D eigenvalue weighted by molar-refractivity contribution is 6.39. The summed E-state index contributed by atoms with van der Waals surface area (Å²) in [6.45, 7) is 2.85. The van der Waals surface area contributed by atoms with Crippen molar-refractivity contribution >= 4 is 40.7 Å². The van der Waals surface area contributed by atoms with E-state index in [4.69, 9.17) is 32.9 Å². The van der Waals surface area contributed by atoms with Crippen LogP contribution in [0.4, 0.5) is 5.69 Å². The van der Waals surface area contributed by atoms with Crippen LogP contribution in [0.2, 0.25) is 10.0 Å². The van der Waals surface area contributed by atoms with Gasteiger partial charge in [0.1, 0.15) is 5.56 Å². The molecule has 2 amide bonds. The van der Waals surface area contributed by atoms with Crippen LogP contribution in [0.5, 0.6) is 5.88 Å². The van der Waals surface area contributed by atoms with E-state index in [1.54, 1.807) is 25.3 Å². The molecule has 2 aromatic carbocycles. The van der Waals surface area contributed by atoms with Crippen LogP contribution < -0.4 is 31.9 Å². The molecule has 1 fully saturated rings. The fraction of sp³-hybridized carbons (Fsp3) is 0.324. The summed E-state index contributed by atoms with van der Waals surface area (Å²) < 4.78 is 7.84. The quantitative estimate of drug-likeness (QED) is 0.250. The number of amides is 2. The van der Waals surface area contributed by atoms with Gasteiger partial charge in [0.2, 0.25) is 11.8 Å². The zero-order valence-electron chi connectivity index (χ0n) is 26.3. The Kier molecular flexibility index (Phi) is 8.97. The normalized spacial score (nSPS) is 18.6. The molecule has 0 radical (unpaired) electrons. The van der Waals surface area contributed by atoms with Crippen molar-refractivity contribution in [2.75, 3.05) is 19.0 Å². The first-order chi connectivity index (χ1) is 22.5. The molecule has 47 heavy (non-hydrogen) atoms. The maximum absolute atomic E-state index is 13.1. The minimum atomic E-state index is -0.718. The summed E-state index contributed by atoms with van der Waals surface area (Å²) in [5.74, 6) is 0.187. The zero-order valence-corrected chi connectivity index (χ0v) is 27.8. The number of halogens is 2. The van der Waals surface area contributed by atoms with Crippen molar-refractivity contribution in [1.82, 2.24) is 24.8 Å². The van der Waals surface area contributed by atoms with Crippen LogP contribution in [-0.2, 0) is 25.3 Å². The fourth-order valence-electron chi connectivity index (χ4n) is 6.46. The highest BCUT2D eigenvalue weighted by Gasteiger charge is 2.35. The number of carbonyl (C=O) groups is 2. The molecule has 2 aromatic heterocycles. The van der Waals surface area contributed by atoms with Gasteiger partial charge >= 0.3 is 5.69 Å². The Morgan fingerprint density at radius 2 is 1.77 bits per heavy atom. The summed E-state index contributed by atoms with van der Waals surface area (Å²) in [4.78, 5) is 54.4. The Labute approximate surface area is 280 Å². The Hall–Kier alpha value is -4.45. The first-order valence-electron chi connectivity index (χ1n) is 15.2. The number of nitrogens with zero attached hydrogens (tertiary/aromatic N) is 3. The van der Waals surface area contributed by atoms with E-state index in [-0.39, 0.29) is 40.2 Å².